The van der Waals surface area contributed by atoms with E-state index in [0.29, 0.717) is 18.9 Å². The summed E-state index contributed by atoms with van der Waals surface area (Å²) < 4.78 is 0. The van der Waals surface area contributed by atoms with Gasteiger partial charge < -0.3 is 5.32 Å². The summed E-state index contributed by atoms with van der Waals surface area (Å²) in [4.78, 5) is 20.7. The van der Waals surface area contributed by atoms with Crippen LogP contribution in [0.1, 0.15) is 31.7 Å². The maximum Gasteiger partial charge on any atom is 0.220 e. The van der Waals surface area contributed by atoms with Crippen molar-refractivity contribution in [2.45, 2.75) is 33.7 Å². The zero-order valence-electron chi connectivity index (χ0n) is 11.6. The molecule has 0 radical (unpaired) electrons. The fourth-order valence-electron chi connectivity index (χ4n) is 1.92. The Morgan fingerprint density at radius 2 is 1.84 bits per heavy atom. The fourth-order valence-corrected chi connectivity index (χ4v) is 1.92. The highest BCUT2D eigenvalue weighted by atomic mass is 16.1. The van der Waals surface area contributed by atoms with Gasteiger partial charge in [0.25, 0.3) is 0 Å². The summed E-state index contributed by atoms with van der Waals surface area (Å²) in [5.74, 6) is 0.424. The Morgan fingerprint density at radius 1 is 1.21 bits per heavy atom. The highest BCUT2D eigenvalue weighted by molar-refractivity contribution is 5.76. The van der Waals surface area contributed by atoms with Crippen molar-refractivity contribution in [3.8, 4) is 0 Å². The molecule has 19 heavy (non-hydrogen) atoms. The van der Waals surface area contributed by atoms with E-state index >= 15 is 0 Å². The molecule has 1 aromatic heterocycles. The van der Waals surface area contributed by atoms with Crippen LogP contribution in [0.15, 0.2) is 24.3 Å². The largest absolute Gasteiger partial charge is 0.350 e. The number of amides is 1. The van der Waals surface area contributed by atoms with Crippen LogP contribution >= 0.6 is 0 Å². The summed E-state index contributed by atoms with van der Waals surface area (Å²) in [6, 6.07) is 7.76. The third-order valence-corrected chi connectivity index (χ3v) is 2.89. The average Bonchev–Trinajstić information content (AvgIpc) is 2.35. The Kier molecular flexibility index (Phi) is 4.10. The first kappa shape index (κ1) is 13.5. The van der Waals surface area contributed by atoms with Gasteiger partial charge in [-0.1, -0.05) is 26.0 Å². The third kappa shape index (κ3) is 3.50. The molecule has 0 bridgehead atoms. The van der Waals surface area contributed by atoms with E-state index in [4.69, 9.17) is 0 Å². The van der Waals surface area contributed by atoms with Gasteiger partial charge in [0.15, 0.2) is 0 Å². The van der Waals surface area contributed by atoms with Crippen molar-refractivity contribution >= 4 is 16.9 Å². The topological polar surface area (TPSA) is 54.9 Å². The first-order valence-electron chi connectivity index (χ1n) is 6.55. The van der Waals surface area contributed by atoms with Gasteiger partial charge in [-0.05, 0) is 25.0 Å². The molecule has 0 saturated heterocycles. The standard InChI is InChI=1S/C15H19N3O/c1-10(2)8-15(19)16-9-14-11(3)17-12-6-4-5-7-13(12)18-14/h4-7,10H,8-9H2,1-3H3,(H,16,19). The van der Waals surface area contributed by atoms with Gasteiger partial charge in [-0.25, -0.2) is 9.97 Å². The van der Waals surface area contributed by atoms with Gasteiger partial charge in [0.05, 0.1) is 29.0 Å². The van der Waals surface area contributed by atoms with E-state index in [9.17, 15) is 4.79 Å². The van der Waals surface area contributed by atoms with Crippen LogP contribution in [0, 0.1) is 12.8 Å². The summed E-state index contributed by atoms with van der Waals surface area (Å²) in [6.45, 7) is 6.42. The van der Waals surface area contributed by atoms with Gasteiger partial charge >= 0.3 is 0 Å². The molecule has 4 nitrogen and oxygen atoms in total. The molecule has 1 amide bonds. The van der Waals surface area contributed by atoms with E-state index in [1.54, 1.807) is 0 Å². The molecule has 2 rings (SSSR count). The molecule has 0 unspecified atom stereocenters. The maximum atomic E-state index is 11.6. The van der Waals surface area contributed by atoms with Gasteiger partial charge in [-0.2, -0.15) is 0 Å². The van der Waals surface area contributed by atoms with Gasteiger partial charge in [0.2, 0.25) is 5.91 Å². The number of hydrogen-bond donors (Lipinski definition) is 1. The van der Waals surface area contributed by atoms with Crippen molar-refractivity contribution in [1.82, 2.24) is 15.3 Å². The zero-order chi connectivity index (χ0) is 13.8. The molecule has 2 aromatic rings. The monoisotopic (exact) mass is 257 g/mol. The van der Waals surface area contributed by atoms with Crippen LogP contribution < -0.4 is 5.32 Å². The van der Waals surface area contributed by atoms with Crippen LogP contribution in [0.4, 0.5) is 0 Å². The Hall–Kier alpha value is -1.97. The van der Waals surface area contributed by atoms with Crippen molar-refractivity contribution in [3.05, 3.63) is 35.7 Å². The van der Waals surface area contributed by atoms with E-state index in [0.717, 1.165) is 22.4 Å². The number of aromatic nitrogens is 2. The molecule has 0 atom stereocenters. The van der Waals surface area contributed by atoms with Crippen LogP contribution in [-0.2, 0) is 11.3 Å². The highest BCUT2D eigenvalue weighted by Gasteiger charge is 2.08. The van der Waals surface area contributed by atoms with Crippen LogP contribution in [-0.4, -0.2) is 15.9 Å². The van der Waals surface area contributed by atoms with Crippen molar-refractivity contribution < 1.29 is 4.79 Å². The Bertz CT molecular complexity index is 593. The number of carbonyl (C=O) groups is 1. The Labute approximate surface area is 113 Å². The number of nitrogens with zero attached hydrogens (tertiary/aromatic N) is 2. The molecule has 0 fully saturated rings. The maximum absolute atomic E-state index is 11.6. The quantitative estimate of drug-likeness (QED) is 0.916. The van der Waals surface area contributed by atoms with E-state index in [1.807, 2.05) is 45.0 Å². The summed E-state index contributed by atoms with van der Waals surface area (Å²) in [6.07, 6.45) is 0.542. The van der Waals surface area contributed by atoms with Crippen molar-refractivity contribution in [2.75, 3.05) is 0 Å². The molecule has 0 aliphatic carbocycles. The lowest BCUT2D eigenvalue weighted by molar-refractivity contribution is -0.121. The predicted octanol–water partition coefficient (Wildman–Crippen LogP) is 2.60. The smallest absolute Gasteiger partial charge is 0.220 e. The van der Waals surface area contributed by atoms with E-state index in [2.05, 4.69) is 15.3 Å². The lowest BCUT2D eigenvalue weighted by Crippen LogP contribution is -2.25. The molecule has 100 valence electrons. The van der Waals surface area contributed by atoms with Crippen LogP contribution in [0.3, 0.4) is 0 Å². The lowest BCUT2D eigenvalue weighted by atomic mass is 10.1. The molecule has 1 aromatic carbocycles. The summed E-state index contributed by atoms with van der Waals surface area (Å²) in [5.41, 5.74) is 3.44. The second kappa shape index (κ2) is 5.78. The minimum atomic E-state index is 0.0596. The molecular formula is C15H19N3O. The van der Waals surface area contributed by atoms with Crippen molar-refractivity contribution in [1.29, 1.82) is 0 Å². The van der Waals surface area contributed by atoms with Gasteiger partial charge in [0.1, 0.15) is 0 Å². The molecule has 0 saturated carbocycles. The second-order valence-electron chi connectivity index (χ2n) is 5.12. The van der Waals surface area contributed by atoms with Crippen LogP contribution in [0.2, 0.25) is 0 Å². The molecule has 1 N–H and O–H groups in total. The SMILES string of the molecule is Cc1nc2ccccc2nc1CNC(=O)CC(C)C. The number of benzene rings is 1. The van der Waals surface area contributed by atoms with Crippen molar-refractivity contribution in [3.63, 3.8) is 0 Å². The number of hydrogen-bond acceptors (Lipinski definition) is 3. The van der Waals surface area contributed by atoms with E-state index in [1.165, 1.54) is 0 Å². The number of nitrogens with one attached hydrogen (secondary N) is 1. The van der Waals surface area contributed by atoms with Crippen LogP contribution in [0.25, 0.3) is 11.0 Å². The summed E-state index contributed by atoms with van der Waals surface area (Å²) in [5, 5.41) is 2.89. The van der Waals surface area contributed by atoms with E-state index < -0.39 is 0 Å². The predicted molar refractivity (Wildman–Crippen MR) is 75.6 cm³/mol. The molecular weight excluding hydrogens is 238 g/mol. The molecule has 0 spiro atoms. The average molecular weight is 257 g/mol. The van der Waals surface area contributed by atoms with Crippen LogP contribution in [0.5, 0.6) is 0 Å². The minimum absolute atomic E-state index is 0.0596. The Balaban J connectivity index is 2.12. The summed E-state index contributed by atoms with van der Waals surface area (Å²) >= 11 is 0. The first-order chi connectivity index (χ1) is 9.06. The normalized spacial score (nSPS) is 10.9. The number of para-hydroxylation sites is 2. The van der Waals surface area contributed by atoms with Crippen molar-refractivity contribution in [2.24, 2.45) is 5.92 Å². The zero-order valence-corrected chi connectivity index (χ0v) is 11.6. The Morgan fingerprint density at radius 3 is 2.47 bits per heavy atom. The van der Waals surface area contributed by atoms with Gasteiger partial charge in [-0.15, -0.1) is 0 Å². The lowest BCUT2D eigenvalue weighted by Gasteiger charge is -2.09. The second-order valence-corrected chi connectivity index (χ2v) is 5.12. The molecule has 4 heteroatoms. The highest BCUT2D eigenvalue weighted by Crippen LogP contribution is 2.12. The minimum Gasteiger partial charge on any atom is -0.350 e. The number of aryl methyl sites for hydroxylation is 1. The fraction of sp³-hybridized carbons (Fsp3) is 0.400. The third-order valence-electron chi connectivity index (χ3n) is 2.89. The summed E-state index contributed by atoms with van der Waals surface area (Å²) in [7, 11) is 0. The molecule has 0 aliphatic heterocycles. The van der Waals surface area contributed by atoms with Gasteiger partial charge in [-0.3, -0.25) is 4.79 Å². The number of carbonyl (C=O) groups excluding carboxylic acids is 1. The molecule has 0 aliphatic rings. The number of rotatable bonds is 4. The van der Waals surface area contributed by atoms with E-state index in [-0.39, 0.29) is 5.91 Å². The molecule has 1 heterocycles. The van der Waals surface area contributed by atoms with Gasteiger partial charge in [0, 0.05) is 6.42 Å². The number of fused-ring (bicyclic) bond motifs is 1. The first-order valence-corrected chi connectivity index (χ1v) is 6.55.